The van der Waals surface area contributed by atoms with Crippen molar-refractivity contribution in [1.82, 2.24) is 0 Å². The fourth-order valence-electron chi connectivity index (χ4n) is 1.74. The Bertz CT molecular complexity index is 432. The van der Waals surface area contributed by atoms with Gasteiger partial charge in [0.15, 0.2) is 8.32 Å². The lowest BCUT2D eigenvalue weighted by Gasteiger charge is -2.35. The van der Waals surface area contributed by atoms with Gasteiger partial charge >= 0.3 is 0 Å². The van der Waals surface area contributed by atoms with Crippen LogP contribution in [0, 0.1) is 0 Å². The van der Waals surface area contributed by atoms with Crippen LogP contribution in [0.3, 0.4) is 0 Å². The average Bonchev–Trinajstić information content (AvgIpc) is 2.41. The highest BCUT2D eigenvalue weighted by Gasteiger charge is 2.36. The number of rotatable bonds is 7. The second-order valence-corrected chi connectivity index (χ2v) is 11.9. The largest absolute Gasteiger partial charge is 0.413 e. The van der Waals surface area contributed by atoms with Gasteiger partial charge in [0, 0.05) is 0 Å². The third kappa shape index (κ3) is 6.59. The first-order chi connectivity index (χ1) is 9.72. The molecule has 0 aliphatic rings. The Labute approximate surface area is 131 Å². The summed E-state index contributed by atoms with van der Waals surface area (Å²) in [5, 5.41) is 10.2. The fraction of sp³-hybridized carbons (Fsp3) is 0.556. The second-order valence-electron chi connectivity index (χ2n) is 7.09. The van der Waals surface area contributed by atoms with Gasteiger partial charge in [0.25, 0.3) is 0 Å². The summed E-state index contributed by atoms with van der Waals surface area (Å²) >= 11 is 0. The van der Waals surface area contributed by atoms with Gasteiger partial charge in [-0.1, -0.05) is 63.3 Å². The van der Waals surface area contributed by atoms with Crippen LogP contribution < -0.4 is 0 Å². The van der Waals surface area contributed by atoms with E-state index in [1.54, 1.807) is 0 Å². The maximum atomic E-state index is 9.97. The molecule has 118 valence electrons. The number of hydrogen-bond donors (Lipinski definition) is 1. The first kappa shape index (κ1) is 18.1. The summed E-state index contributed by atoms with van der Waals surface area (Å²) in [5.41, 5.74) is 1.27. The van der Waals surface area contributed by atoms with Crippen molar-refractivity contribution < 1.29 is 9.53 Å². The molecule has 0 radical (unpaired) electrons. The van der Waals surface area contributed by atoms with E-state index in [2.05, 4.69) is 46.0 Å². The van der Waals surface area contributed by atoms with Crippen LogP contribution in [0.4, 0.5) is 0 Å². The van der Waals surface area contributed by atoms with E-state index in [0.29, 0.717) is 6.61 Å². The number of aliphatic hydroxyl groups is 1. The van der Waals surface area contributed by atoms with E-state index >= 15 is 0 Å². The van der Waals surface area contributed by atoms with Gasteiger partial charge in [0.1, 0.15) is 0 Å². The van der Waals surface area contributed by atoms with Crippen LogP contribution in [0.5, 0.6) is 0 Å². The van der Waals surface area contributed by atoms with Gasteiger partial charge in [0.05, 0.1) is 12.7 Å². The van der Waals surface area contributed by atoms with Crippen LogP contribution >= 0.6 is 0 Å². The molecule has 3 heteroatoms. The molecule has 2 nitrogen and oxygen atoms in total. The minimum atomic E-state index is -1.68. The van der Waals surface area contributed by atoms with Crippen molar-refractivity contribution in [3.05, 3.63) is 48.0 Å². The monoisotopic (exact) mass is 306 g/mol. The topological polar surface area (TPSA) is 29.5 Å². The molecule has 1 atom stereocenters. The zero-order valence-electron chi connectivity index (χ0n) is 14.1. The smallest absolute Gasteiger partial charge is 0.192 e. The van der Waals surface area contributed by atoms with Crippen molar-refractivity contribution in [2.75, 3.05) is 6.61 Å². The van der Waals surface area contributed by atoms with E-state index in [-0.39, 0.29) is 5.04 Å². The Kier molecular flexibility index (Phi) is 6.85. The minimum Gasteiger partial charge on any atom is -0.413 e. The van der Waals surface area contributed by atoms with E-state index in [1.165, 1.54) is 5.56 Å². The van der Waals surface area contributed by atoms with Gasteiger partial charge in [-0.15, -0.1) is 0 Å². The fourth-order valence-corrected chi connectivity index (χ4v) is 2.69. The molecule has 0 fully saturated rings. The minimum absolute atomic E-state index is 0.229. The lowest BCUT2D eigenvalue weighted by atomic mass is 10.1. The second kappa shape index (κ2) is 7.92. The highest BCUT2D eigenvalue weighted by molar-refractivity contribution is 6.74. The molecular weight excluding hydrogens is 276 g/mol. The molecule has 0 amide bonds. The molecule has 1 aromatic rings. The highest BCUT2D eigenvalue weighted by Crippen LogP contribution is 2.36. The lowest BCUT2D eigenvalue weighted by Crippen LogP contribution is -2.40. The van der Waals surface area contributed by atoms with Crippen LogP contribution in [-0.2, 0) is 10.8 Å². The van der Waals surface area contributed by atoms with Gasteiger partial charge < -0.3 is 9.53 Å². The molecule has 0 bridgehead atoms. The molecular formula is C18H30O2Si. The van der Waals surface area contributed by atoms with Gasteiger partial charge in [-0.05, 0) is 36.5 Å². The summed E-state index contributed by atoms with van der Waals surface area (Å²) in [7, 11) is -1.68. The van der Waals surface area contributed by atoms with Crippen LogP contribution in [0.25, 0.3) is 0 Å². The molecule has 1 aromatic carbocycles. The van der Waals surface area contributed by atoms with Crippen molar-refractivity contribution in [3.63, 3.8) is 0 Å². The summed E-state index contributed by atoms with van der Waals surface area (Å²) in [6.45, 7) is 11.8. The summed E-state index contributed by atoms with van der Waals surface area (Å²) in [6, 6.07) is 10.3. The highest BCUT2D eigenvalue weighted by atomic mass is 28.4. The Morgan fingerprint density at radius 1 is 1.19 bits per heavy atom. The van der Waals surface area contributed by atoms with Crippen molar-refractivity contribution >= 4 is 8.32 Å². The Morgan fingerprint density at radius 3 is 2.38 bits per heavy atom. The van der Waals surface area contributed by atoms with Gasteiger partial charge in [0.2, 0.25) is 0 Å². The van der Waals surface area contributed by atoms with Gasteiger partial charge in [-0.25, -0.2) is 0 Å². The van der Waals surface area contributed by atoms with E-state index in [4.69, 9.17) is 4.43 Å². The quantitative estimate of drug-likeness (QED) is 0.591. The predicted molar refractivity (Wildman–Crippen MR) is 93.1 cm³/mol. The number of hydrogen-bond acceptors (Lipinski definition) is 2. The summed E-state index contributed by atoms with van der Waals surface area (Å²) < 4.78 is 6.05. The Hall–Kier alpha value is -0.903. The number of aryl methyl sites for hydroxylation is 1. The van der Waals surface area contributed by atoms with Crippen molar-refractivity contribution in [2.24, 2.45) is 0 Å². The van der Waals surface area contributed by atoms with Gasteiger partial charge in [-0.3, -0.25) is 0 Å². The van der Waals surface area contributed by atoms with E-state index in [1.807, 2.05) is 30.4 Å². The molecule has 0 aromatic heterocycles. The maximum Gasteiger partial charge on any atom is 0.192 e. The summed E-state index contributed by atoms with van der Waals surface area (Å²) in [5.74, 6) is 0. The molecule has 0 aliphatic carbocycles. The Balaban J connectivity index is 2.30. The van der Waals surface area contributed by atoms with Crippen molar-refractivity contribution in [3.8, 4) is 0 Å². The van der Waals surface area contributed by atoms with Crippen molar-refractivity contribution in [1.29, 1.82) is 0 Å². The molecule has 0 saturated carbocycles. The lowest BCUT2D eigenvalue weighted by molar-refractivity contribution is 0.211. The van der Waals surface area contributed by atoms with E-state index < -0.39 is 14.4 Å². The summed E-state index contributed by atoms with van der Waals surface area (Å²) in [6.07, 6.45) is 5.07. The molecule has 1 N–H and O–H groups in total. The molecule has 0 saturated heterocycles. The third-order valence-electron chi connectivity index (χ3n) is 4.28. The van der Waals surface area contributed by atoms with Crippen LogP contribution in [0.1, 0.15) is 32.8 Å². The summed E-state index contributed by atoms with van der Waals surface area (Å²) in [4.78, 5) is 0. The molecule has 0 aliphatic heterocycles. The molecule has 21 heavy (non-hydrogen) atoms. The zero-order chi connectivity index (χ0) is 15.9. The first-order valence-electron chi connectivity index (χ1n) is 7.75. The zero-order valence-corrected chi connectivity index (χ0v) is 15.1. The third-order valence-corrected chi connectivity index (χ3v) is 8.78. The number of benzene rings is 1. The van der Waals surface area contributed by atoms with Crippen LogP contribution in [0.15, 0.2) is 42.5 Å². The first-order valence-corrected chi connectivity index (χ1v) is 10.7. The van der Waals surface area contributed by atoms with E-state index in [0.717, 1.165) is 12.8 Å². The standard InChI is InChI=1S/C18H30O2Si/c1-18(2,3)21(4,5)20-15-9-12-17(19)14-13-16-10-7-6-8-11-16/h6-12,17,19H,13-15H2,1-5H3/b12-9-. The van der Waals surface area contributed by atoms with Gasteiger partial charge in [-0.2, -0.15) is 0 Å². The predicted octanol–water partition coefficient (Wildman–Crippen LogP) is 4.56. The molecule has 1 unspecified atom stereocenters. The normalized spacial score (nSPS) is 14.6. The molecule has 0 heterocycles. The average molecular weight is 307 g/mol. The molecule has 0 spiro atoms. The Morgan fingerprint density at radius 2 is 1.81 bits per heavy atom. The SMILES string of the molecule is CC(C)(C)[Si](C)(C)OC/C=C\C(O)CCc1ccccc1. The van der Waals surface area contributed by atoms with Crippen molar-refractivity contribution in [2.45, 2.75) is 57.8 Å². The molecule has 1 rings (SSSR count). The van der Waals surface area contributed by atoms with Crippen LogP contribution in [-0.4, -0.2) is 26.1 Å². The van der Waals surface area contributed by atoms with Crippen LogP contribution in [0.2, 0.25) is 18.1 Å². The van der Waals surface area contributed by atoms with E-state index in [9.17, 15) is 5.11 Å². The maximum absolute atomic E-state index is 9.97. The number of aliphatic hydroxyl groups excluding tert-OH is 1.